The molecule has 17 heavy (non-hydrogen) atoms. The standard InChI is InChI=1S/C12H14N2O3/c1-7-14-9-4-3-8(5-11(9)17-7)12(16)10(15)6-13-2/h3-5,10,13,15H,6H2,1-2H3. The number of rotatable bonds is 4. The highest BCUT2D eigenvalue weighted by atomic mass is 16.3. The van der Waals surface area contributed by atoms with Gasteiger partial charge in [-0.05, 0) is 25.2 Å². The van der Waals surface area contributed by atoms with Gasteiger partial charge in [0.2, 0.25) is 0 Å². The highest BCUT2D eigenvalue weighted by Gasteiger charge is 2.17. The molecule has 1 aromatic carbocycles. The predicted octanol–water partition coefficient (Wildman–Crippen LogP) is 0.899. The third-order valence-corrected chi connectivity index (χ3v) is 2.48. The number of likely N-dealkylation sites (N-methyl/N-ethyl adjacent to an activating group) is 1. The zero-order valence-electron chi connectivity index (χ0n) is 9.73. The van der Waals surface area contributed by atoms with E-state index in [1.807, 2.05) is 0 Å². The first-order valence-electron chi connectivity index (χ1n) is 5.36. The van der Waals surface area contributed by atoms with Gasteiger partial charge in [-0.15, -0.1) is 0 Å². The molecule has 0 spiro atoms. The summed E-state index contributed by atoms with van der Waals surface area (Å²) in [5, 5.41) is 12.3. The second-order valence-corrected chi connectivity index (χ2v) is 3.85. The van der Waals surface area contributed by atoms with Crippen LogP contribution in [0.1, 0.15) is 16.2 Å². The molecule has 2 rings (SSSR count). The summed E-state index contributed by atoms with van der Waals surface area (Å²) < 4.78 is 5.34. The minimum Gasteiger partial charge on any atom is -0.441 e. The second kappa shape index (κ2) is 4.65. The maximum Gasteiger partial charge on any atom is 0.192 e. The molecule has 0 aliphatic rings. The minimum atomic E-state index is -1.04. The van der Waals surface area contributed by atoms with Gasteiger partial charge in [0, 0.05) is 19.0 Å². The normalized spacial score (nSPS) is 12.9. The number of nitrogens with one attached hydrogen (secondary N) is 1. The smallest absolute Gasteiger partial charge is 0.192 e. The molecule has 90 valence electrons. The first-order valence-corrected chi connectivity index (χ1v) is 5.36. The van der Waals surface area contributed by atoms with Crippen molar-refractivity contribution in [3.8, 4) is 0 Å². The molecule has 5 heteroatoms. The number of fused-ring (bicyclic) bond motifs is 1. The van der Waals surface area contributed by atoms with Crippen LogP contribution in [0.15, 0.2) is 22.6 Å². The Morgan fingerprint density at radius 1 is 1.59 bits per heavy atom. The van der Waals surface area contributed by atoms with E-state index in [1.165, 1.54) is 0 Å². The van der Waals surface area contributed by atoms with E-state index in [0.29, 0.717) is 22.6 Å². The first kappa shape index (κ1) is 11.8. The Morgan fingerprint density at radius 2 is 2.35 bits per heavy atom. The fourth-order valence-electron chi connectivity index (χ4n) is 1.67. The van der Waals surface area contributed by atoms with Gasteiger partial charge in [0.1, 0.15) is 11.6 Å². The van der Waals surface area contributed by atoms with Crippen LogP contribution < -0.4 is 5.32 Å². The van der Waals surface area contributed by atoms with Crippen molar-refractivity contribution in [1.82, 2.24) is 10.3 Å². The quantitative estimate of drug-likeness (QED) is 0.769. The van der Waals surface area contributed by atoms with Crippen LogP contribution in [-0.4, -0.2) is 35.6 Å². The van der Waals surface area contributed by atoms with Crippen LogP contribution in [0.2, 0.25) is 0 Å². The molecule has 0 saturated carbocycles. The number of Topliss-reactive ketones (excluding diaryl/α,β-unsaturated/α-hetero) is 1. The lowest BCUT2D eigenvalue weighted by molar-refractivity contribution is 0.0750. The van der Waals surface area contributed by atoms with Gasteiger partial charge >= 0.3 is 0 Å². The number of carbonyl (C=O) groups excluding carboxylic acids is 1. The van der Waals surface area contributed by atoms with Gasteiger partial charge in [-0.25, -0.2) is 4.98 Å². The van der Waals surface area contributed by atoms with E-state index in [0.717, 1.165) is 0 Å². The Kier molecular flexibility index (Phi) is 3.21. The molecule has 0 aliphatic heterocycles. The van der Waals surface area contributed by atoms with Crippen LogP contribution >= 0.6 is 0 Å². The molecular formula is C12H14N2O3. The number of aryl methyl sites for hydroxylation is 1. The topological polar surface area (TPSA) is 75.4 Å². The summed E-state index contributed by atoms with van der Waals surface area (Å²) in [7, 11) is 1.68. The second-order valence-electron chi connectivity index (χ2n) is 3.85. The van der Waals surface area contributed by atoms with Gasteiger partial charge in [-0.2, -0.15) is 0 Å². The molecule has 1 atom stereocenters. The highest BCUT2D eigenvalue weighted by Crippen LogP contribution is 2.17. The fourth-order valence-corrected chi connectivity index (χ4v) is 1.67. The molecule has 1 heterocycles. The summed E-state index contributed by atoms with van der Waals surface area (Å²) in [6.07, 6.45) is -1.04. The number of hydrogen-bond acceptors (Lipinski definition) is 5. The van der Waals surface area contributed by atoms with Crippen molar-refractivity contribution in [2.45, 2.75) is 13.0 Å². The van der Waals surface area contributed by atoms with Gasteiger partial charge in [0.05, 0.1) is 0 Å². The van der Waals surface area contributed by atoms with Gasteiger partial charge in [-0.1, -0.05) is 0 Å². The average molecular weight is 234 g/mol. The molecule has 2 aromatic rings. The Balaban J connectivity index is 2.32. The van der Waals surface area contributed by atoms with Crippen LogP contribution in [0, 0.1) is 6.92 Å². The van der Waals surface area contributed by atoms with Gasteiger partial charge in [-0.3, -0.25) is 4.79 Å². The summed E-state index contributed by atoms with van der Waals surface area (Å²) in [4.78, 5) is 16.0. The summed E-state index contributed by atoms with van der Waals surface area (Å²) >= 11 is 0. The van der Waals surface area contributed by atoms with Crippen LogP contribution in [-0.2, 0) is 0 Å². The Bertz CT molecular complexity index is 548. The number of aromatic nitrogens is 1. The predicted molar refractivity (Wildman–Crippen MR) is 63.0 cm³/mol. The average Bonchev–Trinajstić information content (AvgIpc) is 2.67. The minimum absolute atomic E-state index is 0.228. The van der Waals surface area contributed by atoms with E-state index in [9.17, 15) is 9.90 Å². The molecule has 1 unspecified atom stereocenters. The zero-order chi connectivity index (χ0) is 12.4. The van der Waals surface area contributed by atoms with E-state index in [4.69, 9.17) is 4.42 Å². The van der Waals surface area contributed by atoms with E-state index < -0.39 is 6.10 Å². The number of ketones is 1. The lowest BCUT2D eigenvalue weighted by atomic mass is 10.1. The Hall–Kier alpha value is -1.72. The maximum atomic E-state index is 11.8. The van der Waals surface area contributed by atoms with E-state index >= 15 is 0 Å². The number of nitrogens with zero attached hydrogens (tertiary/aromatic N) is 1. The third kappa shape index (κ3) is 2.35. The molecule has 1 aromatic heterocycles. The lowest BCUT2D eigenvalue weighted by Gasteiger charge is -2.08. The third-order valence-electron chi connectivity index (χ3n) is 2.48. The summed E-state index contributed by atoms with van der Waals surface area (Å²) in [5.41, 5.74) is 1.70. The maximum absolute atomic E-state index is 11.8. The summed E-state index contributed by atoms with van der Waals surface area (Å²) in [6, 6.07) is 4.97. The van der Waals surface area contributed by atoms with Crippen molar-refractivity contribution in [2.24, 2.45) is 0 Å². The summed E-state index contributed by atoms with van der Waals surface area (Å²) in [5.74, 6) is 0.232. The van der Waals surface area contributed by atoms with E-state index in [-0.39, 0.29) is 12.3 Å². The summed E-state index contributed by atoms with van der Waals surface area (Å²) in [6.45, 7) is 1.98. The number of aliphatic hydroxyl groups excluding tert-OH is 1. The van der Waals surface area contributed by atoms with Crippen molar-refractivity contribution in [1.29, 1.82) is 0 Å². The molecule has 0 aliphatic carbocycles. The number of benzene rings is 1. The molecule has 0 saturated heterocycles. The zero-order valence-corrected chi connectivity index (χ0v) is 9.73. The van der Waals surface area contributed by atoms with Crippen LogP contribution in [0.3, 0.4) is 0 Å². The molecule has 0 radical (unpaired) electrons. The molecule has 5 nitrogen and oxygen atoms in total. The number of hydrogen-bond donors (Lipinski definition) is 2. The van der Waals surface area contributed by atoms with Crippen LogP contribution in [0.5, 0.6) is 0 Å². The molecule has 0 fully saturated rings. The van der Waals surface area contributed by atoms with Crippen molar-refractivity contribution in [3.05, 3.63) is 29.7 Å². The van der Waals surface area contributed by atoms with Gasteiger partial charge in [0.25, 0.3) is 0 Å². The molecule has 0 bridgehead atoms. The number of oxazole rings is 1. The monoisotopic (exact) mass is 234 g/mol. The van der Waals surface area contributed by atoms with Crippen LogP contribution in [0.4, 0.5) is 0 Å². The Labute approximate surface area is 98.5 Å². The molecular weight excluding hydrogens is 220 g/mol. The highest BCUT2D eigenvalue weighted by molar-refractivity contribution is 6.01. The number of aliphatic hydroxyl groups is 1. The van der Waals surface area contributed by atoms with Crippen molar-refractivity contribution in [3.63, 3.8) is 0 Å². The van der Waals surface area contributed by atoms with E-state index in [1.54, 1.807) is 32.2 Å². The first-order chi connectivity index (χ1) is 8.11. The van der Waals surface area contributed by atoms with Gasteiger partial charge in [0.15, 0.2) is 17.3 Å². The van der Waals surface area contributed by atoms with E-state index in [2.05, 4.69) is 10.3 Å². The molecule has 0 amide bonds. The SMILES string of the molecule is CNCC(O)C(=O)c1ccc2nc(C)oc2c1. The van der Waals surface area contributed by atoms with Crippen molar-refractivity contribution < 1.29 is 14.3 Å². The van der Waals surface area contributed by atoms with Crippen molar-refractivity contribution in [2.75, 3.05) is 13.6 Å². The van der Waals surface area contributed by atoms with Crippen molar-refractivity contribution >= 4 is 16.9 Å². The lowest BCUT2D eigenvalue weighted by Crippen LogP contribution is -2.31. The number of carbonyl (C=O) groups is 1. The fraction of sp³-hybridized carbons (Fsp3) is 0.333. The Morgan fingerprint density at radius 3 is 3.06 bits per heavy atom. The van der Waals surface area contributed by atoms with Gasteiger partial charge < -0.3 is 14.8 Å². The molecule has 2 N–H and O–H groups in total. The van der Waals surface area contributed by atoms with Crippen LogP contribution in [0.25, 0.3) is 11.1 Å². The largest absolute Gasteiger partial charge is 0.441 e.